The second-order valence-corrected chi connectivity index (χ2v) is 8.19. The number of nitrogens with zero attached hydrogens (tertiary/aromatic N) is 2. The number of anilines is 4. The first-order chi connectivity index (χ1) is 14.2. The second kappa shape index (κ2) is 9.21. The Morgan fingerprint density at radius 1 is 0.724 bits per heavy atom. The van der Waals surface area contributed by atoms with Crippen LogP contribution >= 0.6 is 0 Å². The standard InChI is InChI=1S/C24H32N4O/c1-19(25-20-7-11-22(12-8-20)28-17-5-6-18-28)24(29)26-21-9-13-23(14-10-21)27-15-3-2-4-16-27/h7-14,19,25H,2-6,15-18H2,1H3,(H,26,29). The molecule has 0 spiro atoms. The fourth-order valence-electron chi connectivity index (χ4n) is 4.22. The van der Waals surface area contributed by atoms with E-state index in [1.807, 2.05) is 19.1 Å². The van der Waals surface area contributed by atoms with Gasteiger partial charge >= 0.3 is 0 Å². The summed E-state index contributed by atoms with van der Waals surface area (Å²) in [6.07, 6.45) is 6.41. The molecule has 2 fully saturated rings. The molecule has 2 N–H and O–H groups in total. The van der Waals surface area contributed by atoms with Crippen molar-refractivity contribution in [2.24, 2.45) is 0 Å². The zero-order valence-corrected chi connectivity index (χ0v) is 17.4. The molecular weight excluding hydrogens is 360 g/mol. The zero-order valence-electron chi connectivity index (χ0n) is 17.4. The quantitative estimate of drug-likeness (QED) is 0.747. The number of rotatable bonds is 6. The van der Waals surface area contributed by atoms with Crippen LogP contribution in [0.15, 0.2) is 48.5 Å². The zero-order chi connectivity index (χ0) is 20.1. The molecule has 5 heteroatoms. The molecule has 2 aromatic carbocycles. The summed E-state index contributed by atoms with van der Waals surface area (Å²) in [5.41, 5.74) is 4.32. The number of piperidine rings is 1. The number of carbonyl (C=O) groups excluding carboxylic acids is 1. The summed E-state index contributed by atoms with van der Waals surface area (Å²) in [4.78, 5) is 17.4. The van der Waals surface area contributed by atoms with Crippen LogP contribution in [-0.2, 0) is 4.79 Å². The molecule has 0 radical (unpaired) electrons. The molecule has 0 aromatic heterocycles. The smallest absolute Gasteiger partial charge is 0.246 e. The van der Waals surface area contributed by atoms with Gasteiger partial charge in [0, 0.05) is 48.9 Å². The van der Waals surface area contributed by atoms with Gasteiger partial charge in [0.1, 0.15) is 6.04 Å². The van der Waals surface area contributed by atoms with E-state index in [0.717, 1.165) is 37.6 Å². The number of amides is 1. The first kappa shape index (κ1) is 19.6. The first-order valence-electron chi connectivity index (χ1n) is 11.0. The van der Waals surface area contributed by atoms with Crippen LogP contribution < -0.4 is 20.4 Å². The first-order valence-corrected chi connectivity index (χ1v) is 11.0. The van der Waals surface area contributed by atoms with Gasteiger partial charge in [-0.25, -0.2) is 0 Å². The molecule has 29 heavy (non-hydrogen) atoms. The molecule has 0 bridgehead atoms. The normalized spacial score (nSPS) is 17.8. The highest BCUT2D eigenvalue weighted by Crippen LogP contribution is 2.23. The van der Waals surface area contributed by atoms with Crippen molar-refractivity contribution in [3.8, 4) is 0 Å². The molecular formula is C24H32N4O. The molecule has 154 valence electrons. The predicted molar refractivity (Wildman–Crippen MR) is 122 cm³/mol. The lowest BCUT2D eigenvalue weighted by molar-refractivity contribution is -0.116. The van der Waals surface area contributed by atoms with Crippen LogP contribution in [0.1, 0.15) is 39.0 Å². The monoisotopic (exact) mass is 392 g/mol. The molecule has 2 heterocycles. The van der Waals surface area contributed by atoms with E-state index in [0.29, 0.717) is 0 Å². The minimum Gasteiger partial charge on any atom is -0.374 e. The van der Waals surface area contributed by atoms with Crippen molar-refractivity contribution in [3.63, 3.8) is 0 Å². The lowest BCUT2D eigenvalue weighted by Gasteiger charge is -2.28. The maximum atomic E-state index is 12.6. The van der Waals surface area contributed by atoms with Crippen LogP contribution in [0.4, 0.5) is 22.7 Å². The fourth-order valence-corrected chi connectivity index (χ4v) is 4.22. The van der Waals surface area contributed by atoms with Crippen molar-refractivity contribution in [2.45, 2.75) is 45.1 Å². The topological polar surface area (TPSA) is 47.6 Å². The fraction of sp³-hybridized carbons (Fsp3) is 0.458. The molecule has 5 nitrogen and oxygen atoms in total. The van der Waals surface area contributed by atoms with Gasteiger partial charge < -0.3 is 20.4 Å². The summed E-state index contributed by atoms with van der Waals surface area (Å²) >= 11 is 0. The van der Waals surface area contributed by atoms with E-state index < -0.39 is 0 Å². The third kappa shape index (κ3) is 5.03. The largest absolute Gasteiger partial charge is 0.374 e. The highest BCUT2D eigenvalue weighted by atomic mass is 16.2. The molecule has 0 aliphatic carbocycles. The van der Waals surface area contributed by atoms with Crippen LogP contribution in [0.5, 0.6) is 0 Å². The maximum Gasteiger partial charge on any atom is 0.246 e. The van der Waals surface area contributed by atoms with Crippen LogP contribution in [0.2, 0.25) is 0 Å². The van der Waals surface area contributed by atoms with Crippen molar-refractivity contribution in [2.75, 3.05) is 46.6 Å². The molecule has 1 unspecified atom stereocenters. The van der Waals surface area contributed by atoms with Crippen molar-refractivity contribution in [1.29, 1.82) is 0 Å². The van der Waals surface area contributed by atoms with Gasteiger partial charge in [-0.3, -0.25) is 4.79 Å². The Hall–Kier alpha value is -2.69. The van der Waals surface area contributed by atoms with Gasteiger partial charge in [-0.05, 0) is 87.6 Å². The average molecular weight is 393 g/mol. The highest BCUT2D eigenvalue weighted by Gasteiger charge is 2.15. The van der Waals surface area contributed by atoms with Gasteiger partial charge in [0.15, 0.2) is 0 Å². The number of carbonyl (C=O) groups is 1. The van der Waals surface area contributed by atoms with Crippen LogP contribution in [0, 0.1) is 0 Å². The van der Waals surface area contributed by atoms with Crippen molar-refractivity contribution in [1.82, 2.24) is 0 Å². The van der Waals surface area contributed by atoms with E-state index in [1.54, 1.807) is 0 Å². The Labute approximate surface area is 174 Å². The van der Waals surface area contributed by atoms with Gasteiger partial charge in [0.25, 0.3) is 0 Å². The average Bonchev–Trinajstić information content (AvgIpc) is 3.30. The summed E-state index contributed by atoms with van der Waals surface area (Å²) in [6.45, 7) is 6.43. The minimum atomic E-state index is -0.311. The van der Waals surface area contributed by atoms with E-state index in [1.165, 1.54) is 43.5 Å². The number of hydrogen-bond acceptors (Lipinski definition) is 4. The highest BCUT2D eigenvalue weighted by molar-refractivity contribution is 5.96. The third-order valence-electron chi connectivity index (χ3n) is 5.97. The Morgan fingerprint density at radius 2 is 1.17 bits per heavy atom. The van der Waals surface area contributed by atoms with Gasteiger partial charge in [-0.1, -0.05) is 0 Å². The van der Waals surface area contributed by atoms with Gasteiger partial charge in [-0.2, -0.15) is 0 Å². The number of hydrogen-bond donors (Lipinski definition) is 2. The second-order valence-electron chi connectivity index (χ2n) is 8.19. The molecule has 1 amide bonds. The van der Waals surface area contributed by atoms with Gasteiger partial charge in [0.2, 0.25) is 5.91 Å². The van der Waals surface area contributed by atoms with Gasteiger partial charge in [-0.15, -0.1) is 0 Å². The maximum absolute atomic E-state index is 12.6. The molecule has 2 aliphatic heterocycles. The molecule has 2 aromatic rings. The van der Waals surface area contributed by atoms with E-state index in [2.05, 4.69) is 56.8 Å². The van der Waals surface area contributed by atoms with Crippen LogP contribution in [0.25, 0.3) is 0 Å². The molecule has 0 saturated carbocycles. The summed E-state index contributed by atoms with van der Waals surface area (Å²) in [7, 11) is 0. The molecule has 2 aliphatic rings. The molecule has 2 saturated heterocycles. The van der Waals surface area contributed by atoms with E-state index in [-0.39, 0.29) is 11.9 Å². The van der Waals surface area contributed by atoms with Crippen molar-refractivity contribution < 1.29 is 4.79 Å². The molecule has 1 atom stereocenters. The van der Waals surface area contributed by atoms with E-state index >= 15 is 0 Å². The lowest BCUT2D eigenvalue weighted by atomic mass is 10.1. The van der Waals surface area contributed by atoms with Crippen LogP contribution in [0.3, 0.4) is 0 Å². The van der Waals surface area contributed by atoms with Crippen molar-refractivity contribution >= 4 is 28.7 Å². The lowest BCUT2D eigenvalue weighted by Crippen LogP contribution is -2.32. The van der Waals surface area contributed by atoms with E-state index in [9.17, 15) is 4.79 Å². The summed E-state index contributed by atoms with van der Waals surface area (Å²) in [5, 5.41) is 6.32. The van der Waals surface area contributed by atoms with Gasteiger partial charge in [0.05, 0.1) is 0 Å². The summed E-state index contributed by atoms with van der Waals surface area (Å²) in [5.74, 6) is -0.0284. The van der Waals surface area contributed by atoms with Crippen molar-refractivity contribution in [3.05, 3.63) is 48.5 Å². The third-order valence-corrected chi connectivity index (χ3v) is 5.97. The minimum absolute atomic E-state index is 0.0284. The SMILES string of the molecule is CC(Nc1ccc(N2CCCC2)cc1)C(=O)Nc1ccc(N2CCCCC2)cc1. The van der Waals surface area contributed by atoms with Crippen LogP contribution in [-0.4, -0.2) is 38.1 Å². The van der Waals surface area contributed by atoms with E-state index in [4.69, 9.17) is 0 Å². The Kier molecular flexibility index (Phi) is 6.23. The number of benzene rings is 2. The predicted octanol–water partition coefficient (Wildman–Crippen LogP) is 4.72. The Bertz CT molecular complexity index is 791. The Morgan fingerprint density at radius 3 is 1.69 bits per heavy atom. The summed E-state index contributed by atoms with van der Waals surface area (Å²) in [6, 6.07) is 16.3. The Balaban J connectivity index is 1.29. The number of nitrogens with one attached hydrogen (secondary N) is 2. The summed E-state index contributed by atoms with van der Waals surface area (Å²) < 4.78 is 0. The molecule has 4 rings (SSSR count).